The summed E-state index contributed by atoms with van der Waals surface area (Å²) < 4.78 is 40.5. The zero-order valence-corrected chi connectivity index (χ0v) is 24.0. The van der Waals surface area contributed by atoms with Crippen molar-refractivity contribution in [2.24, 2.45) is 0 Å². The van der Waals surface area contributed by atoms with E-state index in [9.17, 15) is 13.2 Å². The van der Waals surface area contributed by atoms with E-state index in [1.54, 1.807) is 48.7 Å². The van der Waals surface area contributed by atoms with Crippen LogP contribution in [0.2, 0.25) is 5.02 Å². The van der Waals surface area contributed by atoms with Crippen LogP contribution in [0.15, 0.2) is 83.8 Å². The predicted octanol–water partition coefficient (Wildman–Crippen LogP) is 3.71. The Balaban J connectivity index is 1.37. The van der Waals surface area contributed by atoms with Gasteiger partial charge in [0.25, 0.3) is 0 Å². The van der Waals surface area contributed by atoms with Crippen molar-refractivity contribution in [1.29, 1.82) is 0 Å². The number of hydrogen-bond donors (Lipinski definition) is 1. The van der Waals surface area contributed by atoms with Crippen LogP contribution in [0, 0.1) is 0 Å². The minimum absolute atomic E-state index is 0.133. The number of benzene rings is 3. The highest BCUT2D eigenvalue weighted by Gasteiger charge is 2.30. The van der Waals surface area contributed by atoms with Gasteiger partial charge in [0, 0.05) is 31.2 Å². The number of nitrogen functional groups attached to an aromatic ring is 1. The van der Waals surface area contributed by atoms with E-state index >= 15 is 0 Å². The van der Waals surface area contributed by atoms with Crippen LogP contribution in [0.25, 0.3) is 5.69 Å². The largest absolute Gasteiger partial charge is 0.495 e. The van der Waals surface area contributed by atoms with Crippen LogP contribution < -0.4 is 25.7 Å². The van der Waals surface area contributed by atoms with Crippen molar-refractivity contribution >= 4 is 33.0 Å². The molecule has 0 radical (unpaired) electrons. The predicted molar refractivity (Wildman–Crippen MR) is 159 cm³/mol. The van der Waals surface area contributed by atoms with Crippen molar-refractivity contribution < 1.29 is 17.9 Å². The van der Waals surface area contributed by atoms with Gasteiger partial charge in [0.05, 0.1) is 30.4 Å². The summed E-state index contributed by atoms with van der Waals surface area (Å²) in [6.45, 7) is 1.37. The zero-order chi connectivity index (χ0) is 29.0. The molecule has 0 aliphatic carbocycles. The third kappa shape index (κ3) is 6.48. The Hall–Kier alpha value is -4.06. The Morgan fingerprint density at radius 3 is 2.41 bits per heavy atom. The number of rotatable bonds is 9. The van der Waals surface area contributed by atoms with E-state index < -0.39 is 15.6 Å². The molecule has 5 rings (SSSR count). The van der Waals surface area contributed by atoms with Crippen molar-refractivity contribution in [2.45, 2.75) is 12.4 Å². The number of ether oxygens (including phenoxy) is 2. The lowest BCUT2D eigenvalue weighted by molar-refractivity contribution is 0.297. The molecule has 1 aliphatic heterocycles. The van der Waals surface area contributed by atoms with Gasteiger partial charge >= 0.3 is 5.56 Å². The Bertz CT molecular complexity index is 1690. The Kier molecular flexibility index (Phi) is 8.48. The van der Waals surface area contributed by atoms with Crippen molar-refractivity contribution in [3.05, 3.63) is 105 Å². The highest BCUT2D eigenvalue weighted by Crippen LogP contribution is 2.28. The van der Waals surface area contributed by atoms with Crippen LogP contribution in [0.4, 0.5) is 11.4 Å². The highest BCUT2D eigenvalue weighted by molar-refractivity contribution is 7.88. The summed E-state index contributed by atoms with van der Waals surface area (Å²) in [5, 5.41) is 4.87. The Morgan fingerprint density at radius 2 is 1.71 bits per heavy atom. The lowest BCUT2D eigenvalue weighted by atomic mass is 10.2. The average molecular weight is 596 g/mol. The van der Waals surface area contributed by atoms with E-state index in [0.717, 1.165) is 5.56 Å². The van der Waals surface area contributed by atoms with Gasteiger partial charge in [-0.2, -0.15) is 14.1 Å². The quantitative estimate of drug-likeness (QED) is 0.291. The lowest BCUT2D eigenvalue weighted by Crippen LogP contribution is -2.49. The van der Waals surface area contributed by atoms with E-state index in [2.05, 4.69) is 5.10 Å². The van der Waals surface area contributed by atoms with E-state index in [1.165, 1.54) is 16.1 Å². The first-order valence-electron chi connectivity index (χ1n) is 13.0. The van der Waals surface area contributed by atoms with Gasteiger partial charge in [-0.1, -0.05) is 54.1 Å². The van der Waals surface area contributed by atoms with Gasteiger partial charge in [-0.25, -0.2) is 8.42 Å². The molecule has 0 amide bonds. The molecule has 12 heteroatoms. The number of piperazine rings is 1. The van der Waals surface area contributed by atoms with Crippen molar-refractivity contribution in [3.8, 4) is 17.2 Å². The second-order valence-corrected chi connectivity index (χ2v) is 12.0. The third-order valence-corrected chi connectivity index (χ3v) is 8.90. The molecule has 1 aromatic heterocycles. The van der Waals surface area contributed by atoms with Gasteiger partial charge in [0.15, 0.2) is 0 Å². The van der Waals surface area contributed by atoms with Gasteiger partial charge in [-0.15, -0.1) is 0 Å². The molecule has 2 heterocycles. The summed E-state index contributed by atoms with van der Waals surface area (Å²) in [7, 11) is -2.12. The van der Waals surface area contributed by atoms with Crippen LogP contribution in [0.1, 0.15) is 11.1 Å². The van der Waals surface area contributed by atoms with Crippen LogP contribution in [-0.2, 0) is 22.4 Å². The SMILES string of the molecule is COc1cc(CS(=O)(=O)N2CCN(c3cnn(-c4cccc(Cl)c4)c(=O)c3OCc3ccccc3)CC2)ccc1N. The van der Waals surface area contributed by atoms with Crippen LogP contribution in [-0.4, -0.2) is 55.8 Å². The molecular weight excluding hydrogens is 566 g/mol. The maximum Gasteiger partial charge on any atom is 0.316 e. The van der Waals surface area contributed by atoms with Gasteiger partial charge < -0.3 is 20.1 Å². The van der Waals surface area contributed by atoms with Crippen LogP contribution in [0.3, 0.4) is 0 Å². The molecule has 1 fully saturated rings. The summed E-state index contributed by atoms with van der Waals surface area (Å²) >= 11 is 6.16. The molecule has 1 saturated heterocycles. The first-order chi connectivity index (χ1) is 19.7. The number of sulfonamides is 1. The summed E-state index contributed by atoms with van der Waals surface area (Å²) in [6, 6.07) is 21.3. The van der Waals surface area contributed by atoms with Crippen molar-refractivity contribution in [2.75, 3.05) is 43.9 Å². The summed E-state index contributed by atoms with van der Waals surface area (Å²) in [6.07, 6.45) is 1.58. The van der Waals surface area contributed by atoms with Gasteiger partial charge in [0.2, 0.25) is 15.8 Å². The van der Waals surface area contributed by atoms with Gasteiger partial charge in [-0.3, -0.25) is 4.79 Å². The maximum absolute atomic E-state index is 13.6. The molecular formula is C29H30ClN5O5S. The molecule has 41 heavy (non-hydrogen) atoms. The van der Waals surface area contributed by atoms with E-state index in [4.69, 9.17) is 26.8 Å². The standard InChI is InChI=1S/C29H30ClN5O5S/c1-39-27-16-22(10-11-25(27)31)20-41(37,38)34-14-12-33(13-15-34)26-18-32-35(24-9-5-8-23(30)17-24)29(36)28(26)40-19-21-6-3-2-4-7-21/h2-11,16-18H,12-15,19-20,31H2,1H3. The minimum atomic E-state index is -3.61. The normalized spacial score (nSPS) is 14.1. The third-order valence-electron chi connectivity index (χ3n) is 6.81. The first-order valence-corrected chi connectivity index (χ1v) is 14.9. The van der Waals surface area contributed by atoms with Crippen molar-refractivity contribution in [1.82, 2.24) is 14.1 Å². The van der Waals surface area contributed by atoms with Gasteiger partial charge in [0.1, 0.15) is 18.0 Å². The van der Waals surface area contributed by atoms with E-state index in [0.29, 0.717) is 46.5 Å². The summed E-state index contributed by atoms with van der Waals surface area (Å²) in [4.78, 5) is 15.6. The Labute approximate surface area is 243 Å². The highest BCUT2D eigenvalue weighted by atomic mass is 35.5. The molecule has 0 spiro atoms. The van der Waals surface area contributed by atoms with E-state index in [1.807, 2.05) is 35.2 Å². The fourth-order valence-electron chi connectivity index (χ4n) is 4.67. The number of nitrogens with zero attached hydrogens (tertiary/aromatic N) is 4. The van der Waals surface area contributed by atoms with Crippen LogP contribution >= 0.6 is 11.6 Å². The van der Waals surface area contributed by atoms with Crippen LogP contribution in [0.5, 0.6) is 11.5 Å². The smallest absolute Gasteiger partial charge is 0.316 e. The average Bonchev–Trinajstić information content (AvgIpc) is 2.98. The number of halogens is 1. The second-order valence-electron chi connectivity index (χ2n) is 9.55. The number of anilines is 2. The number of methoxy groups -OCH3 is 1. The molecule has 0 saturated carbocycles. The molecule has 1 aliphatic rings. The summed E-state index contributed by atoms with van der Waals surface area (Å²) in [5.41, 5.74) is 8.38. The molecule has 214 valence electrons. The fourth-order valence-corrected chi connectivity index (χ4v) is 6.35. The zero-order valence-electron chi connectivity index (χ0n) is 22.4. The molecule has 0 bridgehead atoms. The minimum Gasteiger partial charge on any atom is -0.495 e. The Morgan fingerprint density at radius 1 is 0.951 bits per heavy atom. The maximum atomic E-state index is 13.6. The van der Waals surface area contributed by atoms with Gasteiger partial charge in [-0.05, 0) is 41.5 Å². The monoisotopic (exact) mass is 595 g/mol. The van der Waals surface area contributed by atoms with Crippen molar-refractivity contribution in [3.63, 3.8) is 0 Å². The fraction of sp³-hybridized carbons (Fsp3) is 0.241. The molecule has 10 nitrogen and oxygen atoms in total. The van der Waals surface area contributed by atoms with E-state index in [-0.39, 0.29) is 31.2 Å². The molecule has 0 atom stereocenters. The molecule has 3 aromatic carbocycles. The molecule has 0 unspecified atom stereocenters. The topological polar surface area (TPSA) is 120 Å². The summed E-state index contributed by atoms with van der Waals surface area (Å²) in [5.74, 6) is 0.395. The lowest BCUT2D eigenvalue weighted by Gasteiger charge is -2.35. The second kappa shape index (κ2) is 12.2. The first kappa shape index (κ1) is 28.5. The number of aromatic nitrogens is 2. The molecule has 2 N–H and O–H groups in total. The molecule has 4 aromatic rings. The number of nitrogens with two attached hydrogens (primary N) is 1. The number of hydrogen-bond acceptors (Lipinski definition) is 8.